The van der Waals surface area contributed by atoms with Crippen LogP contribution in [0.2, 0.25) is 5.02 Å². The lowest BCUT2D eigenvalue weighted by Crippen LogP contribution is -2.53. The maximum atomic E-state index is 12.6. The van der Waals surface area contributed by atoms with Crippen molar-refractivity contribution in [1.82, 2.24) is 15.6 Å². The third-order valence-electron chi connectivity index (χ3n) is 5.75. The van der Waals surface area contributed by atoms with Gasteiger partial charge in [-0.25, -0.2) is 0 Å². The van der Waals surface area contributed by atoms with Gasteiger partial charge in [-0.15, -0.1) is 0 Å². The third-order valence-corrected chi connectivity index (χ3v) is 5.99. The van der Waals surface area contributed by atoms with E-state index in [4.69, 9.17) is 16.0 Å². The normalized spacial score (nSPS) is 22.7. The first-order valence-electron chi connectivity index (χ1n) is 9.84. The van der Waals surface area contributed by atoms with Gasteiger partial charge in [-0.2, -0.15) is 4.98 Å². The van der Waals surface area contributed by atoms with Crippen molar-refractivity contribution in [2.24, 2.45) is 5.92 Å². The number of carbonyl (C=O) groups is 1. The van der Waals surface area contributed by atoms with Crippen molar-refractivity contribution in [1.29, 1.82) is 0 Å². The molecular weight excluding hydrogens is 364 g/mol. The van der Waals surface area contributed by atoms with Crippen LogP contribution in [0.4, 0.5) is 6.01 Å². The number of nitrogens with one attached hydrogen (secondary N) is 2. The molecule has 0 spiro atoms. The number of amides is 1. The zero-order chi connectivity index (χ0) is 18.9. The molecule has 4 rings (SSSR count). The Balaban J connectivity index is 1.37. The third kappa shape index (κ3) is 4.38. The Kier molecular flexibility index (Phi) is 5.28. The molecule has 2 aliphatic heterocycles. The summed E-state index contributed by atoms with van der Waals surface area (Å²) in [4.78, 5) is 19.3. The van der Waals surface area contributed by atoms with Gasteiger partial charge in [-0.05, 0) is 63.7 Å². The predicted octanol–water partition coefficient (Wildman–Crippen LogP) is 3.35. The first kappa shape index (κ1) is 18.6. The summed E-state index contributed by atoms with van der Waals surface area (Å²) >= 11 is 6.04. The summed E-state index contributed by atoms with van der Waals surface area (Å²) in [6, 6.07) is 6.12. The predicted molar refractivity (Wildman–Crippen MR) is 107 cm³/mol. The Labute approximate surface area is 164 Å². The molecule has 146 valence electrons. The summed E-state index contributed by atoms with van der Waals surface area (Å²) in [6.45, 7) is 5.79. The van der Waals surface area contributed by atoms with Crippen LogP contribution < -0.4 is 15.5 Å². The van der Waals surface area contributed by atoms with Gasteiger partial charge in [-0.1, -0.05) is 11.6 Å². The largest absolute Gasteiger partial charge is 0.423 e. The Hall–Kier alpha value is -1.79. The molecule has 1 aromatic heterocycles. The molecule has 0 aliphatic carbocycles. The molecule has 2 fully saturated rings. The number of piperidine rings is 2. The summed E-state index contributed by atoms with van der Waals surface area (Å²) in [5.41, 5.74) is 1.44. The molecule has 0 radical (unpaired) electrons. The van der Waals surface area contributed by atoms with Crippen molar-refractivity contribution in [2.75, 3.05) is 31.1 Å². The minimum absolute atomic E-state index is 0.0732. The number of anilines is 1. The average Bonchev–Trinajstić information content (AvgIpc) is 3.05. The van der Waals surface area contributed by atoms with Crippen LogP contribution in [0.1, 0.15) is 39.0 Å². The second-order valence-corrected chi connectivity index (χ2v) is 8.56. The van der Waals surface area contributed by atoms with Crippen LogP contribution in [0.5, 0.6) is 0 Å². The smallest absolute Gasteiger partial charge is 0.298 e. The van der Waals surface area contributed by atoms with Gasteiger partial charge in [0.05, 0.1) is 0 Å². The monoisotopic (exact) mass is 390 g/mol. The molecule has 7 heteroatoms. The zero-order valence-corrected chi connectivity index (χ0v) is 16.5. The van der Waals surface area contributed by atoms with Gasteiger partial charge < -0.3 is 20.0 Å². The lowest BCUT2D eigenvalue weighted by Gasteiger charge is -2.36. The van der Waals surface area contributed by atoms with Gasteiger partial charge in [0.2, 0.25) is 5.91 Å². The number of halogens is 1. The molecule has 1 unspecified atom stereocenters. The van der Waals surface area contributed by atoms with Crippen LogP contribution >= 0.6 is 11.6 Å². The highest BCUT2D eigenvalue weighted by Gasteiger charge is 2.30. The minimum Gasteiger partial charge on any atom is -0.423 e. The molecule has 3 heterocycles. The standard InChI is InChI=1S/C20H27ClN4O2/c1-20(6-8-22-9-7-20)24-18(26)11-14-3-2-10-25(13-14)19-23-16-5-4-15(21)12-17(16)27-19/h4-5,12,14,22H,2-3,6-11,13H2,1H3,(H,24,26). The van der Waals surface area contributed by atoms with Crippen LogP contribution in [0.15, 0.2) is 22.6 Å². The maximum Gasteiger partial charge on any atom is 0.298 e. The van der Waals surface area contributed by atoms with E-state index in [0.29, 0.717) is 29.0 Å². The number of rotatable bonds is 4. The van der Waals surface area contributed by atoms with Gasteiger partial charge in [0.15, 0.2) is 5.58 Å². The highest BCUT2D eigenvalue weighted by atomic mass is 35.5. The number of aromatic nitrogens is 1. The van der Waals surface area contributed by atoms with Crippen LogP contribution in [-0.2, 0) is 4.79 Å². The SMILES string of the molecule is CC1(NC(=O)CC2CCCN(c3nc4ccc(Cl)cc4o3)C2)CCNCC1. The molecular formula is C20H27ClN4O2. The number of hydrogen-bond acceptors (Lipinski definition) is 5. The van der Waals surface area contributed by atoms with E-state index in [1.807, 2.05) is 12.1 Å². The van der Waals surface area contributed by atoms with E-state index in [0.717, 1.165) is 57.4 Å². The Morgan fingerprint density at radius 2 is 2.26 bits per heavy atom. The van der Waals surface area contributed by atoms with Gasteiger partial charge in [0, 0.05) is 36.1 Å². The van der Waals surface area contributed by atoms with Crippen molar-refractivity contribution in [3.05, 3.63) is 23.2 Å². The number of benzene rings is 1. The number of hydrogen-bond donors (Lipinski definition) is 2. The summed E-state index contributed by atoms with van der Waals surface area (Å²) < 4.78 is 5.90. The van der Waals surface area contributed by atoms with Crippen molar-refractivity contribution < 1.29 is 9.21 Å². The van der Waals surface area contributed by atoms with E-state index in [2.05, 4.69) is 27.4 Å². The van der Waals surface area contributed by atoms with Crippen LogP contribution in [0, 0.1) is 5.92 Å². The quantitative estimate of drug-likeness (QED) is 0.837. The molecule has 2 aliphatic rings. The van der Waals surface area contributed by atoms with Gasteiger partial charge >= 0.3 is 0 Å². The second-order valence-electron chi connectivity index (χ2n) is 8.13. The molecule has 1 amide bonds. The van der Waals surface area contributed by atoms with Crippen molar-refractivity contribution >= 4 is 34.6 Å². The van der Waals surface area contributed by atoms with Crippen LogP contribution in [-0.4, -0.2) is 42.6 Å². The Morgan fingerprint density at radius 3 is 3.07 bits per heavy atom. The first-order chi connectivity index (χ1) is 13.0. The zero-order valence-electron chi connectivity index (χ0n) is 15.8. The maximum absolute atomic E-state index is 12.6. The molecule has 2 saturated heterocycles. The van der Waals surface area contributed by atoms with Gasteiger partial charge in [0.1, 0.15) is 5.52 Å². The van der Waals surface area contributed by atoms with E-state index in [9.17, 15) is 4.79 Å². The highest BCUT2D eigenvalue weighted by Crippen LogP contribution is 2.29. The first-order valence-corrected chi connectivity index (χ1v) is 10.2. The van der Waals surface area contributed by atoms with E-state index < -0.39 is 0 Å². The summed E-state index contributed by atoms with van der Waals surface area (Å²) in [5, 5.41) is 7.27. The van der Waals surface area contributed by atoms with E-state index in [1.54, 1.807) is 6.07 Å². The van der Waals surface area contributed by atoms with E-state index >= 15 is 0 Å². The van der Waals surface area contributed by atoms with Crippen LogP contribution in [0.3, 0.4) is 0 Å². The molecule has 6 nitrogen and oxygen atoms in total. The molecule has 2 aromatic rings. The molecule has 1 aromatic carbocycles. The molecule has 27 heavy (non-hydrogen) atoms. The number of oxazole rings is 1. The molecule has 0 bridgehead atoms. The lowest BCUT2D eigenvalue weighted by molar-refractivity contribution is -0.124. The second kappa shape index (κ2) is 7.68. The molecule has 0 saturated carbocycles. The van der Waals surface area contributed by atoms with E-state index in [-0.39, 0.29) is 11.4 Å². The van der Waals surface area contributed by atoms with Crippen molar-refractivity contribution in [2.45, 2.75) is 44.6 Å². The fourth-order valence-electron chi connectivity index (χ4n) is 4.18. The number of fused-ring (bicyclic) bond motifs is 1. The Bertz CT molecular complexity index is 815. The average molecular weight is 391 g/mol. The van der Waals surface area contributed by atoms with E-state index in [1.165, 1.54) is 0 Å². The van der Waals surface area contributed by atoms with Crippen LogP contribution in [0.25, 0.3) is 11.1 Å². The fraction of sp³-hybridized carbons (Fsp3) is 0.600. The molecule has 2 N–H and O–H groups in total. The Morgan fingerprint density at radius 1 is 1.44 bits per heavy atom. The minimum atomic E-state index is -0.0732. The lowest BCUT2D eigenvalue weighted by atomic mass is 9.89. The highest BCUT2D eigenvalue weighted by molar-refractivity contribution is 6.31. The van der Waals surface area contributed by atoms with Gasteiger partial charge in [0.25, 0.3) is 6.01 Å². The summed E-state index contributed by atoms with van der Waals surface area (Å²) in [7, 11) is 0. The number of carbonyl (C=O) groups excluding carboxylic acids is 1. The fourth-order valence-corrected chi connectivity index (χ4v) is 4.34. The number of nitrogens with zero attached hydrogens (tertiary/aromatic N) is 2. The van der Waals surface area contributed by atoms with Gasteiger partial charge in [-0.3, -0.25) is 4.79 Å². The molecule has 1 atom stereocenters. The summed E-state index contributed by atoms with van der Waals surface area (Å²) in [5.74, 6) is 0.485. The summed E-state index contributed by atoms with van der Waals surface area (Å²) in [6.07, 6.45) is 4.64. The van der Waals surface area contributed by atoms with Crippen molar-refractivity contribution in [3.63, 3.8) is 0 Å². The van der Waals surface area contributed by atoms with Crippen molar-refractivity contribution in [3.8, 4) is 0 Å². The topological polar surface area (TPSA) is 70.4 Å².